The molecule has 4 aliphatic rings. The quantitative estimate of drug-likeness (QED) is 0.804. The summed E-state index contributed by atoms with van der Waals surface area (Å²) in [6.45, 7) is 5.51. The molecule has 1 aromatic rings. The first-order valence-electron chi connectivity index (χ1n) is 9.01. The van der Waals surface area contributed by atoms with Gasteiger partial charge in [-0.15, -0.1) is 0 Å². The maximum atomic E-state index is 12.0. The summed E-state index contributed by atoms with van der Waals surface area (Å²) in [7, 11) is 0. The largest absolute Gasteiger partial charge is 0.488 e. The Morgan fingerprint density at radius 2 is 2.09 bits per heavy atom. The van der Waals surface area contributed by atoms with Crippen molar-refractivity contribution >= 4 is 12.1 Å². The Bertz CT molecular complexity index is 581. The zero-order valence-corrected chi connectivity index (χ0v) is 13.9. The first-order valence-corrected chi connectivity index (χ1v) is 9.01. The van der Waals surface area contributed by atoms with E-state index in [1.807, 2.05) is 4.90 Å². The molecule has 124 valence electrons. The lowest BCUT2D eigenvalue weighted by molar-refractivity contribution is -0.108. The number of aryl methyl sites for hydroxylation is 1. The van der Waals surface area contributed by atoms with Crippen LogP contribution in [0.1, 0.15) is 38.2 Å². The van der Waals surface area contributed by atoms with Crippen molar-refractivity contribution in [1.82, 2.24) is 4.90 Å². The number of rotatable bonds is 3. The van der Waals surface area contributed by atoms with Crippen LogP contribution in [-0.4, -0.2) is 43.1 Å². The van der Waals surface area contributed by atoms with Crippen molar-refractivity contribution < 1.29 is 9.53 Å². The van der Waals surface area contributed by atoms with Gasteiger partial charge in [0.15, 0.2) is 0 Å². The van der Waals surface area contributed by atoms with Crippen LogP contribution in [0.15, 0.2) is 18.2 Å². The summed E-state index contributed by atoms with van der Waals surface area (Å²) in [6.07, 6.45) is 6.94. The van der Waals surface area contributed by atoms with Gasteiger partial charge in [0.05, 0.1) is 17.8 Å². The third-order valence-electron chi connectivity index (χ3n) is 5.82. The first kappa shape index (κ1) is 15.0. The molecule has 4 heterocycles. The van der Waals surface area contributed by atoms with Gasteiger partial charge in [-0.3, -0.25) is 4.79 Å². The van der Waals surface area contributed by atoms with Gasteiger partial charge in [0.2, 0.25) is 6.41 Å². The van der Waals surface area contributed by atoms with Gasteiger partial charge in [0.25, 0.3) is 0 Å². The van der Waals surface area contributed by atoms with Gasteiger partial charge in [0.1, 0.15) is 5.75 Å². The number of fused-ring (bicyclic) bond motifs is 4. The van der Waals surface area contributed by atoms with Crippen LogP contribution in [-0.2, 0) is 11.2 Å². The normalized spacial score (nSPS) is 32.6. The second-order valence-electron chi connectivity index (χ2n) is 7.30. The SMILES string of the molecule is CC1CCCc2cccc(N(C=O)C3CN4CCC3CC4)c2O1. The fourth-order valence-corrected chi connectivity index (χ4v) is 4.51. The third kappa shape index (κ3) is 2.74. The van der Waals surface area contributed by atoms with E-state index in [9.17, 15) is 4.79 Å². The number of para-hydroxylation sites is 1. The Kier molecular flexibility index (Phi) is 4.02. The molecule has 5 rings (SSSR count). The summed E-state index contributed by atoms with van der Waals surface area (Å²) in [6, 6.07) is 6.58. The number of piperidine rings is 3. The van der Waals surface area contributed by atoms with Gasteiger partial charge in [-0.2, -0.15) is 0 Å². The van der Waals surface area contributed by atoms with E-state index in [0.29, 0.717) is 12.0 Å². The predicted molar refractivity (Wildman–Crippen MR) is 91.0 cm³/mol. The molecule has 2 unspecified atom stereocenters. The second kappa shape index (κ2) is 6.16. The van der Waals surface area contributed by atoms with Crippen molar-refractivity contribution in [2.24, 2.45) is 5.92 Å². The summed E-state index contributed by atoms with van der Waals surface area (Å²) < 4.78 is 6.23. The molecule has 1 amide bonds. The van der Waals surface area contributed by atoms with Gasteiger partial charge >= 0.3 is 0 Å². The predicted octanol–water partition coefficient (Wildman–Crippen LogP) is 2.85. The molecule has 2 atom stereocenters. The zero-order chi connectivity index (χ0) is 15.8. The van der Waals surface area contributed by atoms with Gasteiger partial charge in [-0.25, -0.2) is 0 Å². The number of nitrogens with zero attached hydrogens (tertiary/aromatic N) is 2. The minimum absolute atomic E-state index is 0.220. The molecule has 0 spiro atoms. The average molecular weight is 314 g/mol. The Balaban J connectivity index is 1.69. The molecule has 1 aromatic carbocycles. The number of anilines is 1. The van der Waals surface area contributed by atoms with E-state index in [2.05, 4.69) is 30.0 Å². The van der Waals surface area contributed by atoms with E-state index >= 15 is 0 Å². The number of benzene rings is 1. The van der Waals surface area contributed by atoms with Crippen LogP contribution in [0.3, 0.4) is 0 Å². The molecule has 0 N–H and O–H groups in total. The van der Waals surface area contributed by atoms with E-state index in [-0.39, 0.29) is 6.10 Å². The lowest BCUT2D eigenvalue weighted by atomic mass is 9.83. The van der Waals surface area contributed by atoms with Crippen LogP contribution in [0, 0.1) is 5.92 Å². The summed E-state index contributed by atoms with van der Waals surface area (Å²) in [4.78, 5) is 16.4. The molecule has 4 aliphatic heterocycles. The molecule has 0 aromatic heterocycles. The topological polar surface area (TPSA) is 32.8 Å². The van der Waals surface area contributed by atoms with Gasteiger partial charge in [-0.1, -0.05) is 12.1 Å². The second-order valence-corrected chi connectivity index (χ2v) is 7.30. The Hall–Kier alpha value is -1.55. The Morgan fingerprint density at radius 1 is 1.26 bits per heavy atom. The average Bonchev–Trinajstić information content (AvgIpc) is 2.78. The summed E-state index contributed by atoms with van der Waals surface area (Å²) >= 11 is 0. The van der Waals surface area contributed by atoms with Gasteiger partial charge < -0.3 is 14.5 Å². The van der Waals surface area contributed by atoms with E-state index in [4.69, 9.17) is 4.74 Å². The van der Waals surface area contributed by atoms with Crippen molar-refractivity contribution in [2.45, 2.75) is 51.2 Å². The van der Waals surface area contributed by atoms with E-state index in [0.717, 1.165) is 43.7 Å². The molecule has 0 aliphatic carbocycles. The minimum atomic E-state index is 0.220. The number of carbonyl (C=O) groups is 1. The maximum Gasteiger partial charge on any atom is 0.214 e. The smallest absolute Gasteiger partial charge is 0.214 e. The van der Waals surface area contributed by atoms with Crippen LogP contribution in [0.5, 0.6) is 5.75 Å². The summed E-state index contributed by atoms with van der Waals surface area (Å²) in [5.41, 5.74) is 2.23. The van der Waals surface area contributed by atoms with Crippen LogP contribution in [0.2, 0.25) is 0 Å². The number of carbonyl (C=O) groups excluding carboxylic acids is 1. The lowest BCUT2D eigenvalue weighted by Crippen LogP contribution is -2.57. The van der Waals surface area contributed by atoms with E-state index in [1.165, 1.54) is 31.5 Å². The number of hydrogen-bond acceptors (Lipinski definition) is 3. The van der Waals surface area contributed by atoms with Crippen LogP contribution in [0.25, 0.3) is 0 Å². The standard InChI is InChI=1S/C19H26N2O2/c1-14-4-2-5-16-6-3-7-17(19(16)23-14)21(13-22)18-12-20-10-8-15(18)9-11-20/h3,6-7,13-15,18H,2,4-5,8-12H2,1H3. The maximum absolute atomic E-state index is 12.0. The van der Waals surface area contributed by atoms with Crippen molar-refractivity contribution in [1.29, 1.82) is 0 Å². The molecule has 4 nitrogen and oxygen atoms in total. The Morgan fingerprint density at radius 3 is 2.78 bits per heavy atom. The molecule has 0 saturated carbocycles. The Labute approximate surface area is 138 Å². The summed E-state index contributed by atoms with van der Waals surface area (Å²) in [5, 5.41) is 0. The van der Waals surface area contributed by atoms with E-state index < -0.39 is 0 Å². The highest BCUT2D eigenvalue weighted by atomic mass is 16.5. The van der Waals surface area contributed by atoms with Crippen LogP contribution < -0.4 is 9.64 Å². The highest BCUT2D eigenvalue weighted by Crippen LogP contribution is 2.40. The highest BCUT2D eigenvalue weighted by Gasteiger charge is 2.38. The van der Waals surface area contributed by atoms with Crippen molar-refractivity contribution in [3.05, 3.63) is 23.8 Å². The zero-order valence-electron chi connectivity index (χ0n) is 13.9. The van der Waals surface area contributed by atoms with Crippen LogP contribution in [0.4, 0.5) is 5.69 Å². The molecule has 4 heteroatoms. The van der Waals surface area contributed by atoms with Crippen molar-refractivity contribution in [2.75, 3.05) is 24.5 Å². The molecular weight excluding hydrogens is 288 g/mol. The monoisotopic (exact) mass is 314 g/mol. The van der Waals surface area contributed by atoms with E-state index in [1.54, 1.807) is 0 Å². The molecule has 23 heavy (non-hydrogen) atoms. The fraction of sp³-hybridized carbons (Fsp3) is 0.632. The first-order chi connectivity index (χ1) is 11.3. The number of hydrogen-bond donors (Lipinski definition) is 0. The van der Waals surface area contributed by atoms with Crippen LogP contribution >= 0.6 is 0 Å². The summed E-state index contributed by atoms with van der Waals surface area (Å²) in [5.74, 6) is 1.57. The molecule has 0 radical (unpaired) electrons. The highest BCUT2D eigenvalue weighted by molar-refractivity contribution is 5.81. The number of amides is 1. The number of ether oxygens (including phenoxy) is 1. The van der Waals surface area contributed by atoms with Crippen molar-refractivity contribution in [3.8, 4) is 5.75 Å². The van der Waals surface area contributed by atoms with Gasteiger partial charge in [0, 0.05) is 6.54 Å². The molecule has 2 bridgehead atoms. The molecule has 3 fully saturated rings. The lowest BCUT2D eigenvalue weighted by Gasteiger charge is -2.48. The molecule has 3 saturated heterocycles. The molecular formula is C19H26N2O2. The van der Waals surface area contributed by atoms with Crippen molar-refractivity contribution in [3.63, 3.8) is 0 Å². The third-order valence-corrected chi connectivity index (χ3v) is 5.82. The minimum Gasteiger partial charge on any atom is -0.488 e. The fourth-order valence-electron chi connectivity index (χ4n) is 4.51. The van der Waals surface area contributed by atoms with Gasteiger partial charge in [-0.05, 0) is 69.7 Å².